The van der Waals surface area contributed by atoms with Crippen LogP contribution < -0.4 is 10.6 Å². The van der Waals surface area contributed by atoms with Crippen molar-refractivity contribution in [1.29, 1.82) is 0 Å². The number of anilines is 1. The molecule has 1 fully saturated rings. The highest BCUT2D eigenvalue weighted by molar-refractivity contribution is 7.94. The van der Waals surface area contributed by atoms with Gasteiger partial charge in [-0.2, -0.15) is 0 Å². The standard InChI is InChI=1S/C17H29N3O5S/c1-16(2,11-18-5)13-10-14(25-20-13)19-15(21)17(3,4)26(22,23)12-6-8-24-9-7-12/h10,12,18H,6-9,11H2,1-5H3,(H,19,21). The van der Waals surface area contributed by atoms with E-state index < -0.39 is 25.7 Å². The van der Waals surface area contributed by atoms with Gasteiger partial charge in [-0.1, -0.05) is 19.0 Å². The van der Waals surface area contributed by atoms with Crippen molar-refractivity contribution in [3.63, 3.8) is 0 Å². The van der Waals surface area contributed by atoms with E-state index >= 15 is 0 Å². The first-order valence-corrected chi connectivity index (χ1v) is 10.3. The van der Waals surface area contributed by atoms with Crippen LogP contribution in [0.3, 0.4) is 0 Å². The first-order chi connectivity index (χ1) is 12.0. The summed E-state index contributed by atoms with van der Waals surface area (Å²) in [5, 5.41) is 9.07. The molecule has 2 rings (SSSR count). The number of nitrogens with zero attached hydrogens (tertiary/aromatic N) is 1. The Bertz CT molecular complexity index is 733. The van der Waals surface area contributed by atoms with Gasteiger partial charge < -0.3 is 14.6 Å². The Balaban J connectivity index is 2.14. The third kappa shape index (κ3) is 4.10. The number of amides is 1. The number of hydrogen-bond donors (Lipinski definition) is 2. The molecular formula is C17H29N3O5S. The average molecular weight is 388 g/mol. The Kier molecular flexibility index (Phi) is 6.14. The molecule has 0 unspecified atom stereocenters. The topological polar surface area (TPSA) is 111 Å². The fourth-order valence-electron chi connectivity index (χ4n) is 2.98. The van der Waals surface area contributed by atoms with Crippen molar-refractivity contribution in [2.45, 2.75) is 55.9 Å². The summed E-state index contributed by atoms with van der Waals surface area (Å²) in [5.41, 5.74) is 0.387. The second kappa shape index (κ2) is 7.66. The Labute approximate surface area is 155 Å². The summed E-state index contributed by atoms with van der Waals surface area (Å²) in [6, 6.07) is 1.63. The van der Waals surface area contributed by atoms with Crippen LogP contribution in [0.15, 0.2) is 10.6 Å². The molecule has 0 bridgehead atoms. The van der Waals surface area contributed by atoms with Crippen LogP contribution in [0.25, 0.3) is 0 Å². The van der Waals surface area contributed by atoms with E-state index in [1.54, 1.807) is 6.07 Å². The van der Waals surface area contributed by atoms with E-state index in [4.69, 9.17) is 9.26 Å². The summed E-state index contributed by atoms with van der Waals surface area (Å²) < 4.78 is 34.7. The number of carbonyl (C=O) groups excluding carboxylic acids is 1. The quantitative estimate of drug-likeness (QED) is 0.729. The molecule has 26 heavy (non-hydrogen) atoms. The van der Waals surface area contributed by atoms with Crippen LogP contribution in [0.2, 0.25) is 0 Å². The number of sulfone groups is 1. The van der Waals surface area contributed by atoms with Gasteiger partial charge in [0.1, 0.15) is 4.75 Å². The first-order valence-electron chi connectivity index (χ1n) is 8.77. The highest BCUT2D eigenvalue weighted by atomic mass is 32.2. The minimum Gasteiger partial charge on any atom is -0.381 e. The number of carbonyl (C=O) groups is 1. The lowest BCUT2D eigenvalue weighted by Gasteiger charge is -2.30. The highest BCUT2D eigenvalue weighted by Crippen LogP contribution is 2.30. The van der Waals surface area contributed by atoms with Crippen LogP contribution in [0.4, 0.5) is 5.88 Å². The van der Waals surface area contributed by atoms with E-state index in [-0.39, 0.29) is 11.3 Å². The second-order valence-corrected chi connectivity index (χ2v) is 10.6. The van der Waals surface area contributed by atoms with Crippen LogP contribution in [0, 0.1) is 0 Å². The van der Waals surface area contributed by atoms with Gasteiger partial charge in [-0.05, 0) is 33.7 Å². The lowest BCUT2D eigenvalue weighted by Crippen LogP contribution is -2.50. The van der Waals surface area contributed by atoms with Crippen molar-refractivity contribution < 1.29 is 22.5 Å². The molecule has 1 aliphatic heterocycles. The molecule has 0 radical (unpaired) electrons. The third-order valence-electron chi connectivity index (χ3n) is 4.92. The van der Waals surface area contributed by atoms with Crippen molar-refractivity contribution >= 4 is 21.6 Å². The molecule has 0 aromatic carbocycles. The average Bonchev–Trinajstić information content (AvgIpc) is 3.05. The summed E-state index contributed by atoms with van der Waals surface area (Å²) in [6.45, 7) is 8.31. The first kappa shape index (κ1) is 20.9. The Hall–Kier alpha value is -1.45. The van der Waals surface area contributed by atoms with E-state index in [0.717, 1.165) is 0 Å². The maximum Gasteiger partial charge on any atom is 0.247 e. The van der Waals surface area contributed by atoms with E-state index in [1.165, 1.54) is 13.8 Å². The normalized spacial score (nSPS) is 17.3. The van der Waals surface area contributed by atoms with Gasteiger partial charge >= 0.3 is 0 Å². The molecular weight excluding hydrogens is 358 g/mol. The van der Waals surface area contributed by atoms with E-state index in [2.05, 4.69) is 15.8 Å². The van der Waals surface area contributed by atoms with Gasteiger partial charge in [0.05, 0.1) is 10.9 Å². The zero-order valence-corrected chi connectivity index (χ0v) is 16.9. The number of ether oxygens (including phenoxy) is 1. The summed E-state index contributed by atoms with van der Waals surface area (Å²) in [6.07, 6.45) is 0.813. The monoisotopic (exact) mass is 387 g/mol. The summed E-state index contributed by atoms with van der Waals surface area (Å²) >= 11 is 0. The lowest BCUT2D eigenvalue weighted by molar-refractivity contribution is -0.118. The largest absolute Gasteiger partial charge is 0.381 e. The highest BCUT2D eigenvalue weighted by Gasteiger charge is 2.47. The predicted octanol–water partition coefficient (Wildman–Crippen LogP) is 1.48. The van der Waals surface area contributed by atoms with Crippen LogP contribution >= 0.6 is 0 Å². The van der Waals surface area contributed by atoms with Crippen LogP contribution in [-0.2, 0) is 24.8 Å². The third-order valence-corrected chi connectivity index (χ3v) is 7.88. The van der Waals surface area contributed by atoms with Gasteiger partial charge in [0.25, 0.3) is 0 Å². The Morgan fingerprint density at radius 2 is 1.88 bits per heavy atom. The van der Waals surface area contributed by atoms with Gasteiger partial charge in [0.15, 0.2) is 9.84 Å². The van der Waals surface area contributed by atoms with E-state index in [9.17, 15) is 13.2 Å². The van der Waals surface area contributed by atoms with Crippen LogP contribution in [0.1, 0.15) is 46.2 Å². The van der Waals surface area contributed by atoms with Gasteiger partial charge in [0, 0.05) is 31.2 Å². The Morgan fingerprint density at radius 3 is 2.46 bits per heavy atom. The zero-order valence-electron chi connectivity index (χ0n) is 16.1. The number of nitrogens with one attached hydrogen (secondary N) is 2. The number of aromatic nitrogens is 1. The minimum atomic E-state index is -3.68. The van der Waals surface area contributed by atoms with Gasteiger partial charge in [0.2, 0.25) is 11.8 Å². The van der Waals surface area contributed by atoms with Crippen molar-refractivity contribution in [3.05, 3.63) is 11.8 Å². The number of rotatable bonds is 7. The minimum absolute atomic E-state index is 0.143. The Morgan fingerprint density at radius 1 is 1.27 bits per heavy atom. The fourth-order valence-corrected chi connectivity index (χ4v) is 4.94. The number of likely N-dealkylation sites (N-methyl/N-ethyl adjacent to an activating group) is 1. The molecule has 1 aromatic heterocycles. The maximum atomic E-state index is 12.9. The fraction of sp³-hybridized carbons (Fsp3) is 0.765. The molecule has 0 aliphatic carbocycles. The van der Waals surface area contributed by atoms with E-state index in [1.807, 2.05) is 20.9 Å². The zero-order chi connectivity index (χ0) is 19.6. The van der Waals surface area contributed by atoms with Crippen LogP contribution in [-0.4, -0.2) is 56.3 Å². The molecule has 2 heterocycles. The van der Waals surface area contributed by atoms with Crippen molar-refractivity contribution in [2.24, 2.45) is 0 Å². The molecule has 1 saturated heterocycles. The molecule has 1 aliphatic rings. The molecule has 1 amide bonds. The van der Waals surface area contributed by atoms with Crippen molar-refractivity contribution in [1.82, 2.24) is 10.5 Å². The molecule has 148 valence electrons. The molecule has 9 heteroatoms. The van der Waals surface area contributed by atoms with Crippen LogP contribution in [0.5, 0.6) is 0 Å². The molecule has 8 nitrogen and oxygen atoms in total. The lowest BCUT2D eigenvalue weighted by atomic mass is 9.89. The van der Waals surface area contributed by atoms with Gasteiger partial charge in [-0.3, -0.25) is 10.1 Å². The molecule has 1 aromatic rings. The predicted molar refractivity (Wildman–Crippen MR) is 98.9 cm³/mol. The molecule has 0 atom stereocenters. The van der Waals surface area contributed by atoms with Gasteiger partial charge in [-0.15, -0.1) is 0 Å². The summed E-state index contributed by atoms with van der Waals surface area (Å²) in [7, 11) is -1.83. The summed E-state index contributed by atoms with van der Waals surface area (Å²) in [4.78, 5) is 12.7. The number of hydrogen-bond acceptors (Lipinski definition) is 7. The molecule has 2 N–H and O–H groups in total. The van der Waals surface area contributed by atoms with Crippen molar-refractivity contribution in [2.75, 3.05) is 32.1 Å². The van der Waals surface area contributed by atoms with Crippen molar-refractivity contribution in [3.8, 4) is 0 Å². The molecule has 0 saturated carbocycles. The maximum absolute atomic E-state index is 12.9. The van der Waals surface area contributed by atoms with E-state index in [0.29, 0.717) is 38.3 Å². The second-order valence-electron chi connectivity index (χ2n) is 7.81. The molecule has 0 spiro atoms. The SMILES string of the molecule is CNCC(C)(C)c1cc(NC(=O)C(C)(C)S(=O)(=O)C2CCOCC2)on1. The smallest absolute Gasteiger partial charge is 0.247 e. The summed E-state index contributed by atoms with van der Waals surface area (Å²) in [5.74, 6) is -0.484. The van der Waals surface area contributed by atoms with Gasteiger partial charge in [-0.25, -0.2) is 8.42 Å².